The van der Waals surface area contributed by atoms with Crippen LogP contribution in [-0.4, -0.2) is 11.4 Å². The van der Waals surface area contributed by atoms with E-state index in [0.717, 1.165) is 18.8 Å². The van der Waals surface area contributed by atoms with Crippen LogP contribution >= 0.6 is 0 Å². The predicted molar refractivity (Wildman–Crippen MR) is 88.1 cm³/mol. The fraction of sp³-hybridized carbons (Fsp3) is 0.944. The quantitative estimate of drug-likeness (QED) is 0.333. The molecule has 0 atom stereocenters. The van der Waals surface area contributed by atoms with E-state index in [9.17, 15) is 9.90 Å². The molecular weight excluding hydrogens is 287 g/mol. The van der Waals surface area contributed by atoms with Crippen molar-refractivity contribution in [1.82, 2.24) is 0 Å². The maximum Gasteiger partial charge on any atom is 1.00 e. The van der Waals surface area contributed by atoms with Crippen molar-refractivity contribution in [2.24, 2.45) is 5.92 Å². The largest absolute Gasteiger partial charge is 1.00 e. The third-order valence-corrected chi connectivity index (χ3v) is 3.91. The summed E-state index contributed by atoms with van der Waals surface area (Å²) < 4.78 is 0. The van der Waals surface area contributed by atoms with Gasteiger partial charge in [0.2, 0.25) is 0 Å². The number of unbranched alkanes of at least 4 members (excludes halogenated alkanes) is 11. The van der Waals surface area contributed by atoms with Crippen molar-refractivity contribution in [3.8, 4) is 0 Å². The Balaban J connectivity index is -0.00000180. The van der Waals surface area contributed by atoms with Gasteiger partial charge in [-0.25, -0.2) is 0 Å². The van der Waals surface area contributed by atoms with Crippen LogP contribution in [0.3, 0.4) is 0 Å². The van der Waals surface area contributed by atoms with Crippen LogP contribution in [0.15, 0.2) is 0 Å². The number of hydrogen-bond donors (Lipinski definition) is 0. The van der Waals surface area contributed by atoms with Crippen LogP contribution in [0.4, 0.5) is 0 Å². The Bertz CT molecular complexity index is 220. The molecule has 0 aliphatic heterocycles. The van der Waals surface area contributed by atoms with Crippen LogP contribution in [0.5, 0.6) is 0 Å². The SMILES string of the molecule is CC(C)CCCCCCCCCCCCCCC(=O)[O-].O.[Na+]. The molecule has 2 N–H and O–H groups in total. The minimum Gasteiger partial charge on any atom is -0.550 e. The van der Waals surface area contributed by atoms with Gasteiger partial charge in [-0.2, -0.15) is 0 Å². The van der Waals surface area contributed by atoms with E-state index in [4.69, 9.17) is 0 Å². The van der Waals surface area contributed by atoms with Crippen LogP contribution < -0.4 is 34.7 Å². The zero-order chi connectivity index (χ0) is 15.1. The third kappa shape index (κ3) is 25.4. The summed E-state index contributed by atoms with van der Waals surface area (Å²) in [4.78, 5) is 10.2. The Labute approximate surface area is 160 Å². The Morgan fingerprint density at radius 1 is 0.727 bits per heavy atom. The summed E-state index contributed by atoms with van der Waals surface area (Å²) in [5.41, 5.74) is 0. The number of carboxylic acid groups (broad SMARTS) is 1. The van der Waals surface area contributed by atoms with Gasteiger partial charge in [0, 0.05) is 5.97 Å². The van der Waals surface area contributed by atoms with Crippen molar-refractivity contribution in [2.45, 2.75) is 104 Å². The number of carbonyl (C=O) groups is 1. The number of rotatable bonds is 15. The maximum absolute atomic E-state index is 10.2. The third-order valence-electron chi connectivity index (χ3n) is 3.91. The summed E-state index contributed by atoms with van der Waals surface area (Å²) in [6, 6.07) is 0. The van der Waals surface area contributed by atoms with Crippen molar-refractivity contribution in [3.63, 3.8) is 0 Å². The van der Waals surface area contributed by atoms with E-state index in [2.05, 4.69) is 13.8 Å². The summed E-state index contributed by atoms with van der Waals surface area (Å²) in [6.45, 7) is 4.61. The summed E-state index contributed by atoms with van der Waals surface area (Å²) in [7, 11) is 0. The molecule has 0 saturated heterocycles. The summed E-state index contributed by atoms with van der Waals surface area (Å²) in [5.74, 6) is -0.0415. The molecular formula is C18H37NaO3. The van der Waals surface area contributed by atoms with E-state index in [-0.39, 0.29) is 41.5 Å². The standard InChI is InChI=1S/C18H36O2.Na.H2O/c1-17(2)15-13-11-9-7-5-3-4-6-8-10-12-14-16-18(19)20;;/h17H,3-16H2,1-2H3,(H,19,20);;1H2/q;+1;/p-1. The van der Waals surface area contributed by atoms with E-state index in [0.29, 0.717) is 0 Å². The maximum atomic E-state index is 10.2. The number of carbonyl (C=O) groups excluding carboxylic acids is 1. The smallest absolute Gasteiger partial charge is 0.550 e. The van der Waals surface area contributed by atoms with Gasteiger partial charge in [-0.05, 0) is 18.8 Å². The van der Waals surface area contributed by atoms with E-state index in [1.54, 1.807) is 0 Å². The first-order chi connectivity index (χ1) is 9.63. The van der Waals surface area contributed by atoms with Gasteiger partial charge in [0.1, 0.15) is 0 Å². The van der Waals surface area contributed by atoms with Gasteiger partial charge in [0.15, 0.2) is 0 Å². The number of carboxylic acids is 1. The van der Waals surface area contributed by atoms with Crippen LogP contribution in [0, 0.1) is 5.92 Å². The Morgan fingerprint density at radius 3 is 1.36 bits per heavy atom. The van der Waals surface area contributed by atoms with Gasteiger partial charge in [-0.1, -0.05) is 90.9 Å². The van der Waals surface area contributed by atoms with Crippen molar-refractivity contribution in [2.75, 3.05) is 0 Å². The molecule has 4 heteroatoms. The molecule has 0 radical (unpaired) electrons. The van der Waals surface area contributed by atoms with Crippen molar-refractivity contribution in [1.29, 1.82) is 0 Å². The van der Waals surface area contributed by atoms with Gasteiger partial charge in [0.25, 0.3) is 0 Å². The molecule has 0 amide bonds. The summed E-state index contributed by atoms with van der Waals surface area (Å²) in [6.07, 6.45) is 17.0. The number of aliphatic carboxylic acids is 1. The molecule has 0 aromatic carbocycles. The average molecular weight is 324 g/mol. The minimum absolute atomic E-state index is 0. The average Bonchev–Trinajstić information content (AvgIpc) is 2.38. The van der Waals surface area contributed by atoms with Crippen LogP contribution in [-0.2, 0) is 4.79 Å². The van der Waals surface area contributed by atoms with Gasteiger partial charge in [-0.3, -0.25) is 0 Å². The van der Waals surface area contributed by atoms with Gasteiger partial charge >= 0.3 is 29.6 Å². The summed E-state index contributed by atoms with van der Waals surface area (Å²) in [5, 5.41) is 10.2. The molecule has 0 unspecified atom stereocenters. The van der Waals surface area contributed by atoms with Crippen LogP contribution in [0.2, 0.25) is 0 Å². The van der Waals surface area contributed by atoms with E-state index in [1.807, 2.05) is 0 Å². The van der Waals surface area contributed by atoms with E-state index < -0.39 is 5.97 Å². The second-order valence-electron chi connectivity index (χ2n) is 6.55. The minimum atomic E-state index is -0.904. The first-order valence-corrected chi connectivity index (χ1v) is 8.82. The second kappa shape index (κ2) is 21.4. The Hall–Kier alpha value is 0.430. The topological polar surface area (TPSA) is 71.6 Å². The number of hydrogen-bond acceptors (Lipinski definition) is 2. The van der Waals surface area contributed by atoms with E-state index >= 15 is 0 Å². The molecule has 0 spiro atoms. The molecule has 128 valence electrons. The normalized spacial score (nSPS) is 10.1. The zero-order valence-electron chi connectivity index (χ0n) is 15.3. The first kappa shape index (κ1) is 27.3. The molecule has 0 heterocycles. The van der Waals surface area contributed by atoms with Gasteiger partial charge in [-0.15, -0.1) is 0 Å². The Kier molecular flexibility index (Phi) is 26.6. The zero-order valence-corrected chi connectivity index (χ0v) is 17.3. The first-order valence-electron chi connectivity index (χ1n) is 8.82. The monoisotopic (exact) mass is 324 g/mol. The van der Waals surface area contributed by atoms with Crippen molar-refractivity contribution < 1.29 is 44.9 Å². The van der Waals surface area contributed by atoms with Gasteiger partial charge in [0.05, 0.1) is 0 Å². The molecule has 3 nitrogen and oxygen atoms in total. The molecule has 0 aromatic heterocycles. The second-order valence-corrected chi connectivity index (χ2v) is 6.55. The van der Waals surface area contributed by atoms with Crippen molar-refractivity contribution in [3.05, 3.63) is 0 Å². The molecule has 0 aromatic rings. The molecule has 0 fully saturated rings. The van der Waals surface area contributed by atoms with E-state index in [1.165, 1.54) is 70.6 Å². The van der Waals surface area contributed by atoms with Crippen LogP contribution in [0.25, 0.3) is 0 Å². The molecule has 0 aliphatic carbocycles. The molecule has 0 saturated carbocycles. The predicted octanol–water partition coefficient (Wildman–Crippen LogP) is 1.03. The molecule has 0 rings (SSSR count). The Morgan fingerprint density at radius 2 is 1.05 bits per heavy atom. The van der Waals surface area contributed by atoms with Crippen LogP contribution in [0.1, 0.15) is 104 Å². The summed E-state index contributed by atoms with van der Waals surface area (Å²) >= 11 is 0. The molecule has 0 bridgehead atoms. The fourth-order valence-electron chi connectivity index (χ4n) is 2.59. The van der Waals surface area contributed by atoms with Crippen molar-refractivity contribution >= 4 is 5.97 Å². The van der Waals surface area contributed by atoms with Gasteiger partial charge < -0.3 is 15.4 Å². The fourth-order valence-corrected chi connectivity index (χ4v) is 2.59. The molecule has 22 heavy (non-hydrogen) atoms. The molecule has 0 aliphatic rings.